The Balaban J connectivity index is 2.36. The number of alkyl halides is 2. The third-order valence-corrected chi connectivity index (χ3v) is 2.16. The number of hydrogen-bond donors (Lipinski definition) is 1. The van der Waals surface area contributed by atoms with Crippen molar-refractivity contribution in [3.63, 3.8) is 0 Å². The fraction of sp³-hybridized carbons (Fsp3) is 0.273. The number of aromatic nitrogens is 2. The van der Waals surface area contributed by atoms with Crippen molar-refractivity contribution in [3.05, 3.63) is 30.2 Å². The van der Waals surface area contributed by atoms with Crippen molar-refractivity contribution in [2.75, 3.05) is 0 Å². The summed E-state index contributed by atoms with van der Waals surface area (Å²) in [5.74, 6) is 0.308. The van der Waals surface area contributed by atoms with Crippen LogP contribution in [0.3, 0.4) is 0 Å². The molecule has 96 valence electrons. The highest BCUT2D eigenvalue weighted by atomic mass is 19.3. The maximum atomic E-state index is 12.2. The summed E-state index contributed by atoms with van der Waals surface area (Å²) in [6.45, 7) is -1.24. The van der Waals surface area contributed by atoms with E-state index in [-0.39, 0.29) is 17.5 Å². The Kier molecular flexibility index (Phi) is 3.52. The van der Waals surface area contributed by atoms with E-state index in [9.17, 15) is 8.78 Å². The molecule has 1 heterocycles. The Labute approximate surface area is 102 Å². The highest BCUT2D eigenvalue weighted by molar-refractivity contribution is 5.62. The third-order valence-electron chi connectivity index (χ3n) is 2.16. The lowest BCUT2D eigenvalue weighted by molar-refractivity contribution is -0.0495. The van der Waals surface area contributed by atoms with Gasteiger partial charge in [-0.15, -0.1) is 10.2 Å². The van der Waals surface area contributed by atoms with Crippen molar-refractivity contribution in [2.24, 2.45) is 5.73 Å². The number of halogens is 2. The van der Waals surface area contributed by atoms with Crippen molar-refractivity contribution in [1.29, 1.82) is 0 Å². The molecule has 7 heteroatoms. The zero-order valence-electron chi connectivity index (χ0n) is 9.51. The zero-order valence-corrected chi connectivity index (χ0v) is 9.51. The molecule has 2 N–H and O–H groups in total. The minimum atomic E-state index is -2.91. The van der Waals surface area contributed by atoms with Gasteiger partial charge in [-0.3, -0.25) is 0 Å². The highest BCUT2D eigenvalue weighted by Crippen LogP contribution is 2.30. The van der Waals surface area contributed by atoms with Crippen LogP contribution >= 0.6 is 0 Å². The van der Waals surface area contributed by atoms with Crippen LogP contribution in [0.4, 0.5) is 8.78 Å². The number of para-hydroxylation sites is 1. The van der Waals surface area contributed by atoms with E-state index in [1.54, 1.807) is 25.1 Å². The predicted octanol–water partition coefficient (Wildman–Crippen LogP) is 2.36. The Morgan fingerprint density at radius 2 is 2.00 bits per heavy atom. The standard InChI is InChI=1S/C11H11F2N3O2/c1-6(14)9-15-16-10(18-9)7-4-2-3-5-8(7)17-11(12)13/h2-6,11H,14H2,1H3. The number of hydrogen-bond acceptors (Lipinski definition) is 5. The van der Waals surface area contributed by atoms with Gasteiger partial charge in [-0.1, -0.05) is 12.1 Å². The van der Waals surface area contributed by atoms with Crippen LogP contribution in [0.25, 0.3) is 11.5 Å². The van der Waals surface area contributed by atoms with Gasteiger partial charge in [-0.2, -0.15) is 8.78 Å². The minimum absolute atomic E-state index is 0.0209. The van der Waals surface area contributed by atoms with Gasteiger partial charge in [-0.25, -0.2) is 0 Å². The number of nitrogens with zero attached hydrogens (tertiary/aromatic N) is 2. The zero-order chi connectivity index (χ0) is 13.1. The number of rotatable bonds is 4. The number of nitrogens with two attached hydrogens (primary N) is 1. The van der Waals surface area contributed by atoms with Gasteiger partial charge in [0.1, 0.15) is 5.75 Å². The second-order valence-corrected chi connectivity index (χ2v) is 3.61. The number of benzene rings is 1. The van der Waals surface area contributed by atoms with Crippen LogP contribution in [0.5, 0.6) is 5.75 Å². The van der Waals surface area contributed by atoms with Gasteiger partial charge >= 0.3 is 6.61 Å². The van der Waals surface area contributed by atoms with E-state index in [0.29, 0.717) is 5.56 Å². The van der Waals surface area contributed by atoms with Gasteiger partial charge < -0.3 is 14.9 Å². The largest absolute Gasteiger partial charge is 0.434 e. The van der Waals surface area contributed by atoms with E-state index >= 15 is 0 Å². The first kappa shape index (κ1) is 12.4. The lowest BCUT2D eigenvalue weighted by atomic mass is 10.2. The second kappa shape index (κ2) is 5.09. The van der Waals surface area contributed by atoms with Crippen LogP contribution in [0.2, 0.25) is 0 Å². The van der Waals surface area contributed by atoms with Crippen LogP contribution in [-0.2, 0) is 0 Å². The van der Waals surface area contributed by atoms with Crippen LogP contribution in [0.1, 0.15) is 18.9 Å². The maximum absolute atomic E-state index is 12.2. The summed E-state index contributed by atoms with van der Waals surface area (Å²) in [6, 6.07) is 5.76. The average molecular weight is 255 g/mol. The molecule has 1 aromatic heterocycles. The van der Waals surface area contributed by atoms with Crippen LogP contribution in [0.15, 0.2) is 28.7 Å². The molecule has 0 saturated carbocycles. The lowest BCUT2D eigenvalue weighted by Gasteiger charge is -2.07. The van der Waals surface area contributed by atoms with E-state index in [4.69, 9.17) is 10.2 Å². The molecule has 1 unspecified atom stereocenters. The van der Waals surface area contributed by atoms with Crippen LogP contribution < -0.4 is 10.5 Å². The summed E-state index contributed by atoms with van der Waals surface area (Å²) in [7, 11) is 0. The molecule has 1 aromatic carbocycles. The second-order valence-electron chi connectivity index (χ2n) is 3.61. The molecule has 18 heavy (non-hydrogen) atoms. The van der Waals surface area contributed by atoms with E-state index in [1.165, 1.54) is 6.07 Å². The SMILES string of the molecule is CC(N)c1nnc(-c2ccccc2OC(F)F)o1. The fourth-order valence-corrected chi connectivity index (χ4v) is 1.37. The quantitative estimate of drug-likeness (QED) is 0.907. The monoisotopic (exact) mass is 255 g/mol. The van der Waals surface area contributed by atoms with Crippen LogP contribution in [0, 0.1) is 0 Å². The molecule has 1 atom stereocenters. The van der Waals surface area contributed by atoms with Crippen LogP contribution in [-0.4, -0.2) is 16.8 Å². The van der Waals surface area contributed by atoms with E-state index in [2.05, 4.69) is 14.9 Å². The normalized spacial score (nSPS) is 12.7. The maximum Gasteiger partial charge on any atom is 0.387 e. The van der Waals surface area contributed by atoms with Crippen molar-refractivity contribution >= 4 is 0 Å². The molecular formula is C11H11F2N3O2. The van der Waals surface area contributed by atoms with Crippen molar-refractivity contribution in [1.82, 2.24) is 10.2 Å². The first-order valence-corrected chi connectivity index (χ1v) is 5.21. The highest BCUT2D eigenvalue weighted by Gasteiger charge is 2.17. The van der Waals surface area contributed by atoms with Gasteiger partial charge in [0.2, 0.25) is 5.89 Å². The topological polar surface area (TPSA) is 74.2 Å². The van der Waals surface area contributed by atoms with Gasteiger partial charge in [-0.05, 0) is 19.1 Å². The van der Waals surface area contributed by atoms with Gasteiger partial charge in [0.25, 0.3) is 5.89 Å². The van der Waals surface area contributed by atoms with E-state index < -0.39 is 12.7 Å². The molecule has 0 aliphatic heterocycles. The Bertz CT molecular complexity index is 529. The van der Waals surface area contributed by atoms with Crippen molar-refractivity contribution in [2.45, 2.75) is 19.6 Å². The molecule has 0 spiro atoms. The lowest BCUT2D eigenvalue weighted by Crippen LogP contribution is -2.04. The molecular weight excluding hydrogens is 244 g/mol. The van der Waals surface area contributed by atoms with Crippen molar-refractivity contribution in [3.8, 4) is 17.2 Å². The van der Waals surface area contributed by atoms with E-state index in [0.717, 1.165) is 0 Å². The minimum Gasteiger partial charge on any atom is -0.434 e. The summed E-state index contributed by atoms with van der Waals surface area (Å²) in [5, 5.41) is 7.48. The summed E-state index contributed by atoms with van der Waals surface area (Å²) in [5.41, 5.74) is 5.88. The van der Waals surface area contributed by atoms with Gasteiger partial charge in [0.15, 0.2) is 0 Å². The van der Waals surface area contributed by atoms with Gasteiger partial charge in [0.05, 0.1) is 11.6 Å². The van der Waals surface area contributed by atoms with E-state index in [1.807, 2.05) is 0 Å². The molecule has 0 radical (unpaired) electrons. The molecule has 2 aromatic rings. The molecule has 0 aliphatic carbocycles. The molecule has 0 bridgehead atoms. The Hall–Kier alpha value is -2.02. The summed E-state index contributed by atoms with van der Waals surface area (Å²) >= 11 is 0. The third kappa shape index (κ3) is 2.62. The number of ether oxygens (including phenoxy) is 1. The molecule has 2 rings (SSSR count). The summed E-state index contributed by atoms with van der Waals surface area (Å²) < 4.78 is 34.1. The summed E-state index contributed by atoms with van der Waals surface area (Å²) in [4.78, 5) is 0. The van der Waals surface area contributed by atoms with Gasteiger partial charge in [0, 0.05) is 0 Å². The average Bonchev–Trinajstić information content (AvgIpc) is 2.78. The Morgan fingerprint density at radius 1 is 1.28 bits per heavy atom. The Morgan fingerprint density at radius 3 is 2.61 bits per heavy atom. The molecule has 0 aliphatic rings. The fourth-order valence-electron chi connectivity index (χ4n) is 1.37. The van der Waals surface area contributed by atoms with Crippen molar-refractivity contribution < 1.29 is 17.9 Å². The molecule has 0 saturated heterocycles. The molecule has 0 fully saturated rings. The smallest absolute Gasteiger partial charge is 0.387 e. The first-order valence-electron chi connectivity index (χ1n) is 5.21. The molecule has 5 nitrogen and oxygen atoms in total. The first-order chi connectivity index (χ1) is 8.58. The summed E-state index contributed by atoms with van der Waals surface area (Å²) in [6.07, 6.45) is 0. The predicted molar refractivity (Wildman–Crippen MR) is 59.0 cm³/mol. The molecule has 0 amide bonds.